The summed E-state index contributed by atoms with van der Waals surface area (Å²) in [6.45, 7) is 2.68. The van der Waals surface area contributed by atoms with E-state index in [9.17, 15) is 5.11 Å². The van der Waals surface area contributed by atoms with Crippen molar-refractivity contribution in [2.24, 2.45) is 29.4 Å². The van der Waals surface area contributed by atoms with Gasteiger partial charge in [-0.25, -0.2) is 0 Å². The van der Waals surface area contributed by atoms with E-state index in [4.69, 9.17) is 5.73 Å². The first-order valence-corrected chi connectivity index (χ1v) is 5.14. The molecular formula is C10H19NO. The third-order valence-corrected chi connectivity index (χ3v) is 3.82. The molecule has 0 bridgehead atoms. The minimum Gasteiger partial charge on any atom is -0.392 e. The molecule has 2 fully saturated rings. The minimum absolute atomic E-state index is 0.120. The van der Waals surface area contributed by atoms with E-state index >= 15 is 0 Å². The highest BCUT2D eigenvalue weighted by molar-refractivity contribution is 5.05. The number of nitrogens with two attached hydrogens (primary N) is 1. The Hall–Kier alpha value is -0.0800. The Bertz CT molecular complexity index is 158. The Balaban J connectivity index is 1.87. The lowest BCUT2D eigenvalue weighted by Gasteiger charge is -2.18. The molecule has 3 N–H and O–H groups in total. The van der Waals surface area contributed by atoms with Gasteiger partial charge in [0.1, 0.15) is 0 Å². The van der Waals surface area contributed by atoms with Crippen molar-refractivity contribution >= 4 is 0 Å². The van der Waals surface area contributed by atoms with Crippen LogP contribution in [0.3, 0.4) is 0 Å². The maximum Gasteiger partial charge on any atom is 0.0611 e. The summed E-state index contributed by atoms with van der Waals surface area (Å²) in [5.74, 6) is 2.61. The Morgan fingerprint density at radius 1 is 1.42 bits per heavy atom. The lowest BCUT2D eigenvalue weighted by molar-refractivity contribution is 0.0853. The molecule has 2 heteroatoms. The lowest BCUT2D eigenvalue weighted by Crippen LogP contribution is -2.28. The van der Waals surface area contributed by atoms with E-state index < -0.39 is 0 Å². The van der Waals surface area contributed by atoms with Gasteiger partial charge in [-0.15, -0.1) is 0 Å². The van der Waals surface area contributed by atoms with Gasteiger partial charge in [-0.3, -0.25) is 0 Å². The molecule has 2 nitrogen and oxygen atoms in total. The predicted molar refractivity (Wildman–Crippen MR) is 48.5 cm³/mol. The summed E-state index contributed by atoms with van der Waals surface area (Å²) < 4.78 is 0. The predicted octanol–water partition coefficient (Wildman–Crippen LogP) is 0.988. The van der Waals surface area contributed by atoms with Gasteiger partial charge in [0.15, 0.2) is 0 Å². The van der Waals surface area contributed by atoms with E-state index in [1.54, 1.807) is 0 Å². The van der Waals surface area contributed by atoms with Gasteiger partial charge in [0.05, 0.1) is 6.10 Å². The van der Waals surface area contributed by atoms with E-state index in [0.717, 1.165) is 11.8 Å². The van der Waals surface area contributed by atoms with Gasteiger partial charge in [0, 0.05) is 0 Å². The topological polar surface area (TPSA) is 46.2 Å². The molecule has 12 heavy (non-hydrogen) atoms. The Morgan fingerprint density at radius 3 is 2.50 bits per heavy atom. The van der Waals surface area contributed by atoms with Gasteiger partial charge < -0.3 is 10.8 Å². The van der Waals surface area contributed by atoms with Crippen LogP contribution in [0.2, 0.25) is 0 Å². The van der Waals surface area contributed by atoms with Crippen LogP contribution in [0.1, 0.15) is 26.2 Å². The van der Waals surface area contributed by atoms with Crippen molar-refractivity contribution in [1.29, 1.82) is 0 Å². The molecule has 70 valence electrons. The molecule has 0 aromatic rings. The van der Waals surface area contributed by atoms with Crippen LogP contribution in [0.15, 0.2) is 0 Å². The van der Waals surface area contributed by atoms with Crippen LogP contribution in [-0.4, -0.2) is 17.8 Å². The first-order valence-electron chi connectivity index (χ1n) is 5.14. The molecule has 2 aliphatic rings. The number of aliphatic hydroxyl groups is 1. The van der Waals surface area contributed by atoms with Crippen molar-refractivity contribution in [1.82, 2.24) is 0 Å². The fraction of sp³-hybridized carbons (Fsp3) is 1.00. The van der Waals surface area contributed by atoms with Crippen LogP contribution >= 0.6 is 0 Å². The second-order valence-corrected chi connectivity index (χ2v) is 4.54. The van der Waals surface area contributed by atoms with Crippen molar-refractivity contribution in [3.8, 4) is 0 Å². The van der Waals surface area contributed by atoms with E-state index in [2.05, 4.69) is 6.92 Å². The summed E-state index contributed by atoms with van der Waals surface area (Å²) in [6, 6.07) is 0. The monoisotopic (exact) mass is 169 g/mol. The SMILES string of the molecule is CC(CN)C(O)C1C2CCCC21. The van der Waals surface area contributed by atoms with Gasteiger partial charge in [-0.2, -0.15) is 0 Å². The fourth-order valence-corrected chi connectivity index (χ4v) is 2.90. The molecule has 0 spiro atoms. The summed E-state index contributed by atoms with van der Waals surface area (Å²) in [5.41, 5.74) is 5.53. The van der Waals surface area contributed by atoms with Crippen molar-refractivity contribution in [3.63, 3.8) is 0 Å². The molecule has 2 rings (SSSR count). The van der Waals surface area contributed by atoms with Crippen molar-refractivity contribution < 1.29 is 5.11 Å². The quantitative estimate of drug-likeness (QED) is 0.661. The molecule has 2 saturated carbocycles. The summed E-state index contributed by atoms with van der Waals surface area (Å²) in [4.78, 5) is 0. The van der Waals surface area contributed by atoms with E-state index in [0.29, 0.717) is 18.4 Å². The minimum atomic E-state index is -0.120. The van der Waals surface area contributed by atoms with Crippen LogP contribution in [0.5, 0.6) is 0 Å². The highest BCUT2D eigenvalue weighted by Gasteiger charge is 2.56. The van der Waals surface area contributed by atoms with Gasteiger partial charge in [0.2, 0.25) is 0 Å². The zero-order valence-electron chi connectivity index (χ0n) is 7.74. The molecule has 4 atom stereocenters. The van der Waals surface area contributed by atoms with Crippen molar-refractivity contribution in [3.05, 3.63) is 0 Å². The van der Waals surface area contributed by atoms with Gasteiger partial charge in [-0.1, -0.05) is 13.3 Å². The molecule has 0 saturated heterocycles. The molecule has 4 unspecified atom stereocenters. The number of fused-ring (bicyclic) bond motifs is 1. The molecule has 0 aliphatic heterocycles. The summed E-state index contributed by atoms with van der Waals surface area (Å²) in [5, 5.41) is 9.88. The fourth-order valence-electron chi connectivity index (χ4n) is 2.90. The molecule has 2 aliphatic carbocycles. The highest BCUT2D eigenvalue weighted by Crippen LogP contribution is 2.59. The van der Waals surface area contributed by atoms with E-state index in [1.165, 1.54) is 19.3 Å². The van der Waals surface area contributed by atoms with Crippen LogP contribution in [-0.2, 0) is 0 Å². The molecule has 0 aromatic heterocycles. The second-order valence-electron chi connectivity index (χ2n) is 4.54. The van der Waals surface area contributed by atoms with Crippen molar-refractivity contribution in [2.45, 2.75) is 32.3 Å². The number of hydrogen-bond acceptors (Lipinski definition) is 2. The molecule has 0 amide bonds. The van der Waals surface area contributed by atoms with Crippen LogP contribution in [0, 0.1) is 23.7 Å². The van der Waals surface area contributed by atoms with Gasteiger partial charge in [0.25, 0.3) is 0 Å². The molecule has 0 aromatic carbocycles. The number of rotatable bonds is 3. The molecular weight excluding hydrogens is 150 g/mol. The maximum atomic E-state index is 9.88. The number of aliphatic hydroxyl groups excluding tert-OH is 1. The lowest BCUT2D eigenvalue weighted by atomic mass is 9.96. The normalized spacial score (nSPS) is 43.8. The highest BCUT2D eigenvalue weighted by atomic mass is 16.3. The second kappa shape index (κ2) is 3.00. The van der Waals surface area contributed by atoms with E-state index in [1.807, 2.05) is 0 Å². The summed E-state index contributed by atoms with van der Waals surface area (Å²) >= 11 is 0. The van der Waals surface area contributed by atoms with Crippen LogP contribution in [0.25, 0.3) is 0 Å². The first-order chi connectivity index (χ1) is 5.75. The summed E-state index contributed by atoms with van der Waals surface area (Å²) in [6.07, 6.45) is 3.97. The number of hydrogen-bond donors (Lipinski definition) is 2. The van der Waals surface area contributed by atoms with Crippen LogP contribution in [0.4, 0.5) is 0 Å². The molecule has 0 radical (unpaired) electrons. The Morgan fingerprint density at radius 2 is 2.00 bits per heavy atom. The third kappa shape index (κ3) is 1.17. The average Bonchev–Trinajstić information content (AvgIpc) is 2.56. The average molecular weight is 169 g/mol. The summed E-state index contributed by atoms with van der Waals surface area (Å²) in [7, 11) is 0. The standard InChI is InChI=1S/C10H19NO/c1-6(5-11)10(12)9-7-3-2-4-8(7)9/h6-10,12H,2-5,11H2,1H3. The largest absolute Gasteiger partial charge is 0.392 e. The van der Waals surface area contributed by atoms with Crippen LogP contribution < -0.4 is 5.73 Å². The van der Waals surface area contributed by atoms with Gasteiger partial charge in [-0.05, 0) is 43.1 Å². The maximum absolute atomic E-state index is 9.88. The zero-order valence-corrected chi connectivity index (χ0v) is 7.74. The molecule has 0 heterocycles. The third-order valence-electron chi connectivity index (χ3n) is 3.82. The van der Waals surface area contributed by atoms with E-state index in [-0.39, 0.29) is 6.10 Å². The van der Waals surface area contributed by atoms with Gasteiger partial charge >= 0.3 is 0 Å². The first kappa shape index (κ1) is 8.52. The van der Waals surface area contributed by atoms with Crippen molar-refractivity contribution in [2.75, 3.05) is 6.54 Å². The zero-order chi connectivity index (χ0) is 8.72. The Labute approximate surface area is 74.1 Å². The Kier molecular flexibility index (Phi) is 2.13. The smallest absolute Gasteiger partial charge is 0.0611 e.